The molecule has 1 fully saturated rings. The number of urea groups is 1. The molecule has 0 unspecified atom stereocenters. The largest absolute Gasteiger partial charge is 0.497 e. The Hall–Kier alpha value is -2.17. The first-order valence-electron chi connectivity index (χ1n) is 8.38. The highest BCUT2D eigenvalue weighted by molar-refractivity contribution is 5.94. The summed E-state index contributed by atoms with van der Waals surface area (Å²) in [5.41, 5.74) is 1.04. The number of hydrogen-bond donors (Lipinski definition) is 2. The number of anilines is 1. The van der Waals surface area contributed by atoms with Crippen molar-refractivity contribution in [3.8, 4) is 5.75 Å². The summed E-state index contributed by atoms with van der Waals surface area (Å²) in [7, 11) is 3.60. The predicted molar refractivity (Wildman–Crippen MR) is 93.1 cm³/mol. The van der Waals surface area contributed by atoms with Gasteiger partial charge in [-0.05, 0) is 31.0 Å². The lowest BCUT2D eigenvalue weighted by molar-refractivity contribution is 0.247. The van der Waals surface area contributed by atoms with Crippen molar-refractivity contribution < 1.29 is 9.53 Å². The third-order valence-electron chi connectivity index (χ3n) is 4.68. The van der Waals surface area contributed by atoms with E-state index in [1.165, 1.54) is 25.7 Å². The molecule has 0 spiro atoms. The fourth-order valence-electron chi connectivity index (χ4n) is 3.32. The molecule has 124 valence electrons. The van der Waals surface area contributed by atoms with E-state index in [0.29, 0.717) is 6.04 Å². The number of aromatic nitrogens is 1. The van der Waals surface area contributed by atoms with Gasteiger partial charge in [0, 0.05) is 24.5 Å². The van der Waals surface area contributed by atoms with E-state index in [-0.39, 0.29) is 6.03 Å². The van der Waals surface area contributed by atoms with Crippen LogP contribution in [0, 0.1) is 0 Å². The number of rotatable bonds is 3. The fraction of sp³-hybridized carbons (Fsp3) is 0.500. The summed E-state index contributed by atoms with van der Waals surface area (Å²) in [6.07, 6.45) is 7.15. The van der Waals surface area contributed by atoms with E-state index in [1.807, 2.05) is 35.9 Å². The molecule has 5 heteroatoms. The van der Waals surface area contributed by atoms with Crippen LogP contribution in [0.25, 0.3) is 10.9 Å². The van der Waals surface area contributed by atoms with Crippen molar-refractivity contribution in [2.24, 2.45) is 7.05 Å². The van der Waals surface area contributed by atoms with Crippen molar-refractivity contribution in [1.29, 1.82) is 0 Å². The molecule has 1 saturated carbocycles. The first-order chi connectivity index (χ1) is 11.2. The number of benzene rings is 1. The van der Waals surface area contributed by atoms with Gasteiger partial charge in [-0.15, -0.1) is 0 Å². The Morgan fingerprint density at radius 3 is 2.61 bits per heavy atom. The highest BCUT2D eigenvalue weighted by Gasteiger charge is 2.16. The van der Waals surface area contributed by atoms with Crippen LogP contribution in [0.3, 0.4) is 0 Å². The average molecular weight is 315 g/mol. The normalized spacial score (nSPS) is 16.1. The Bertz CT molecular complexity index is 685. The second kappa shape index (κ2) is 6.94. The van der Waals surface area contributed by atoms with Crippen molar-refractivity contribution >= 4 is 22.8 Å². The summed E-state index contributed by atoms with van der Waals surface area (Å²) in [6.45, 7) is 0. The molecule has 2 aromatic rings. The molecule has 5 nitrogen and oxygen atoms in total. The van der Waals surface area contributed by atoms with Gasteiger partial charge in [0.1, 0.15) is 11.6 Å². The molecule has 0 aliphatic heterocycles. The molecule has 3 rings (SSSR count). The lowest BCUT2D eigenvalue weighted by Crippen LogP contribution is -2.37. The van der Waals surface area contributed by atoms with Crippen molar-refractivity contribution in [1.82, 2.24) is 9.88 Å². The number of hydrogen-bond acceptors (Lipinski definition) is 2. The molecule has 1 aliphatic carbocycles. The van der Waals surface area contributed by atoms with Crippen LogP contribution in [0.2, 0.25) is 0 Å². The Morgan fingerprint density at radius 1 is 1.17 bits per heavy atom. The molecule has 0 bridgehead atoms. The number of methoxy groups -OCH3 is 1. The topological polar surface area (TPSA) is 55.3 Å². The molecule has 0 saturated heterocycles. The summed E-state index contributed by atoms with van der Waals surface area (Å²) < 4.78 is 7.24. The summed E-state index contributed by atoms with van der Waals surface area (Å²) >= 11 is 0. The van der Waals surface area contributed by atoms with E-state index < -0.39 is 0 Å². The Morgan fingerprint density at radius 2 is 1.91 bits per heavy atom. The zero-order chi connectivity index (χ0) is 16.2. The van der Waals surface area contributed by atoms with Crippen LogP contribution in [-0.4, -0.2) is 23.7 Å². The molecule has 2 amide bonds. The van der Waals surface area contributed by atoms with Crippen molar-refractivity contribution in [2.45, 2.75) is 44.6 Å². The lowest BCUT2D eigenvalue weighted by atomic mass is 10.1. The fourth-order valence-corrected chi connectivity index (χ4v) is 3.32. The predicted octanol–water partition coefficient (Wildman–Crippen LogP) is 4.03. The van der Waals surface area contributed by atoms with E-state index in [0.717, 1.165) is 35.3 Å². The molecule has 23 heavy (non-hydrogen) atoms. The molecule has 1 aromatic carbocycles. The van der Waals surface area contributed by atoms with Crippen molar-refractivity contribution in [3.63, 3.8) is 0 Å². The van der Waals surface area contributed by atoms with Crippen LogP contribution in [0.4, 0.5) is 10.6 Å². The number of nitrogens with zero attached hydrogens (tertiary/aromatic N) is 1. The third kappa shape index (κ3) is 3.60. The standard InChI is InChI=1S/C18H25N3O2/c1-21-16-12-15(23-2)10-9-13(16)11-17(21)20-18(22)19-14-7-5-3-4-6-8-14/h9-12,14H,3-8H2,1-2H3,(H2,19,20,22). The minimum Gasteiger partial charge on any atom is -0.497 e. The second-order valence-corrected chi connectivity index (χ2v) is 6.30. The van der Waals surface area contributed by atoms with Crippen LogP contribution in [0.15, 0.2) is 24.3 Å². The van der Waals surface area contributed by atoms with Crippen LogP contribution in [0.5, 0.6) is 5.75 Å². The van der Waals surface area contributed by atoms with Crippen LogP contribution in [-0.2, 0) is 7.05 Å². The van der Waals surface area contributed by atoms with Gasteiger partial charge in [0.2, 0.25) is 0 Å². The quantitative estimate of drug-likeness (QED) is 0.840. The summed E-state index contributed by atoms with van der Waals surface area (Å²) in [6, 6.07) is 8.08. The highest BCUT2D eigenvalue weighted by atomic mass is 16.5. The van der Waals surface area contributed by atoms with Gasteiger partial charge >= 0.3 is 6.03 Å². The number of ether oxygens (including phenoxy) is 1. The Kier molecular flexibility index (Phi) is 4.74. The number of carbonyl (C=O) groups excluding carboxylic acids is 1. The van der Waals surface area contributed by atoms with Gasteiger partial charge < -0.3 is 14.6 Å². The summed E-state index contributed by atoms with van der Waals surface area (Å²) in [5, 5.41) is 7.17. The zero-order valence-electron chi connectivity index (χ0n) is 13.9. The SMILES string of the molecule is COc1ccc2cc(NC(=O)NC3CCCCCC3)n(C)c2c1. The maximum absolute atomic E-state index is 12.3. The number of aryl methyl sites for hydroxylation is 1. The van der Waals surface area contributed by atoms with Crippen LogP contribution < -0.4 is 15.4 Å². The van der Waals surface area contributed by atoms with E-state index in [4.69, 9.17) is 4.74 Å². The first kappa shape index (κ1) is 15.7. The molecule has 0 atom stereocenters. The second-order valence-electron chi connectivity index (χ2n) is 6.30. The van der Waals surface area contributed by atoms with Gasteiger partial charge in [0.05, 0.1) is 12.6 Å². The molecular weight excluding hydrogens is 290 g/mol. The molecular formula is C18H25N3O2. The molecule has 1 heterocycles. The van der Waals surface area contributed by atoms with Gasteiger partial charge in [0.25, 0.3) is 0 Å². The van der Waals surface area contributed by atoms with Gasteiger partial charge in [0.15, 0.2) is 0 Å². The highest BCUT2D eigenvalue weighted by Crippen LogP contribution is 2.26. The summed E-state index contributed by atoms with van der Waals surface area (Å²) in [4.78, 5) is 12.3. The van der Waals surface area contributed by atoms with Gasteiger partial charge in [-0.25, -0.2) is 4.79 Å². The maximum atomic E-state index is 12.3. The maximum Gasteiger partial charge on any atom is 0.320 e. The van der Waals surface area contributed by atoms with E-state index in [9.17, 15) is 4.79 Å². The minimum absolute atomic E-state index is 0.116. The summed E-state index contributed by atoms with van der Waals surface area (Å²) in [5.74, 6) is 1.60. The van der Waals surface area contributed by atoms with E-state index in [1.54, 1.807) is 7.11 Å². The number of carbonyl (C=O) groups is 1. The number of amides is 2. The smallest absolute Gasteiger partial charge is 0.320 e. The minimum atomic E-state index is -0.116. The van der Waals surface area contributed by atoms with Crippen molar-refractivity contribution in [3.05, 3.63) is 24.3 Å². The van der Waals surface area contributed by atoms with Crippen molar-refractivity contribution in [2.75, 3.05) is 12.4 Å². The first-order valence-corrected chi connectivity index (χ1v) is 8.38. The Labute approximate surface area is 137 Å². The molecule has 0 radical (unpaired) electrons. The molecule has 1 aliphatic rings. The van der Waals surface area contributed by atoms with Gasteiger partial charge in [-0.1, -0.05) is 25.7 Å². The van der Waals surface area contributed by atoms with Gasteiger partial charge in [-0.3, -0.25) is 5.32 Å². The monoisotopic (exact) mass is 315 g/mol. The van der Waals surface area contributed by atoms with Gasteiger partial charge in [-0.2, -0.15) is 0 Å². The average Bonchev–Trinajstić information content (AvgIpc) is 2.72. The van der Waals surface area contributed by atoms with E-state index >= 15 is 0 Å². The van der Waals surface area contributed by atoms with E-state index in [2.05, 4.69) is 10.6 Å². The number of fused-ring (bicyclic) bond motifs is 1. The van der Waals surface area contributed by atoms with Crippen LogP contribution in [0.1, 0.15) is 38.5 Å². The lowest BCUT2D eigenvalue weighted by Gasteiger charge is -2.17. The third-order valence-corrected chi connectivity index (χ3v) is 4.68. The Balaban J connectivity index is 1.70. The van der Waals surface area contributed by atoms with Crippen LogP contribution >= 0.6 is 0 Å². The molecule has 2 N–H and O–H groups in total. The number of nitrogens with one attached hydrogen (secondary N) is 2. The zero-order valence-corrected chi connectivity index (χ0v) is 13.9. The molecule has 1 aromatic heterocycles.